The summed E-state index contributed by atoms with van der Waals surface area (Å²) in [5.41, 5.74) is 2.75. The summed E-state index contributed by atoms with van der Waals surface area (Å²) in [6, 6.07) is 12.5. The Hall–Kier alpha value is -2.56. The van der Waals surface area contributed by atoms with Crippen LogP contribution in [0.3, 0.4) is 0 Å². The molecule has 4 rings (SSSR count). The first-order chi connectivity index (χ1) is 17.7. The van der Waals surface area contributed by atoms with Crippen LogP contribution in [0.2, 0.25) is 0 Å². The Morgan fingerprint density at radius 3 is 2.57 bits per heavy atom. The Kier molecular flexibility index (Phi) is 8.82. The van der Waals surface area contributed by atoms with Crippen LogP contribution in [0.5, 0.6) is 0 Å². The molecule has 1 aliphatic rings. The summed E-state index contributed by atoms with van der Waals surface area (Å²) in [6.07, 6.45) is -5.13. The van der Waals surface area contributed by atoms with Gasteiger partial charge in [-0.1, -0.05) is 19.1 Å². The van der Waals surface area contributed by atoms with Crippen molar-refractivity contribution in [2.45, 2.75) is 62.9 Å². The maximum atomic E-state index is 13.0. The van der Waals surface area contributed by atoms with E-state index in [9.17, 15) is 23.1 Å². The van der Waals surface area contributed by atoms with Crippen LogP contribution < -0.4 is 5.32 Å². The molecule has 0 aliphatic carbocycles. The van der Waals surface area contributed by atoms with E-state index < -0.39 is 18.3 Å². The summed E-state index contributed by atoms with van der Waals surface area (Å²) in [5.74, 6) is 1.37. The average Bonchev–Trinajstić information content (AvgIpc) is 3.23. The average molecular weight is 536 g/mol. The van der Waals surface area contributed by atoms with Crippen molar-refractivity contribution < 1.29 is 27.8 Å². The second-order valence-corrected chi connectivity index (χ2v) is 10.5. The van der Waals surface area contributed by atoms with Gasteiger partial charge in [-0.2, -0.15) is 13.2 Å². The Bertz CT molecular complexity index is 1210. The molecule has 37 heavy (non-hydrogen) atoms. The van der Waals surface area contributed by atoms with Crippen molar-refractivity contribution in [2.24, 2.45) is 5.92 Å². The number of carbonyl (C=O) groups excluding carboxylic acids is 1. The van der Waals surface area contributed by atoms with E-state index in [2.05, 4.69) is 12.2 Å². The van der Waals surface area contributed by atoms with E-state index in [-0.39, 0.29) is 31.5 Å². The fraction of sp³-hybridized carbons (Fsp3) is 0.481. The van der Waals surface area contributed by atoms with Crippen molar-refractivity contribution in [1.29, 1.82) is 0 Å². The van der Waals surface area contributed by atoms with E-state index in [0.717, 1.165) is 27.6 Å². The van der Waals surface area contributed by atoms with E-state index in [1.807, 2.05) is 41.8 Å². The van der Waals surface area contributed by atoms with Gasteiger partial charge in [0.1, 0.15) is 5.82 Å². The molecule has 0 radical (unpaired) electrons. The van der Waals surface area contributed by atoms with Crippen molar-refractivity contribution in [2.75, 3.05) is 19.0 Å². The number of nitrogens with zero attached hydrogens (tertiary/aromatic N) is 2. The lowest BCUT2D eigenvalue weighted by Gasteiger charge is -2.30. The first-order valence-electron chi connectivity index (χ1n) is 12.5. The number of halogens is 3. The van der Waals surface area contributed by atoms with Gasteiger partial charge in [-0.25, -0.2) is 4.98 Å². The quantitative estimate of drug-likeness (QED) is 0.353. The number of carbonyl (C=O) groups is 1. The molecule has 0 spiro atoms. The zero-order valence-corrected chi connectivity index (χ0v) is 21.7. The molecule has 1 amide bonds. The summed E-state index contributed by atoms with van der Waals surface area (Å²) >= 11 is 1.72. The molecule has 1 saturated heterocycles. The molecule has 2 N–H and O–H groups in total. The SMILES string of the molecule is CCSc1ccc(C(CO)NC(=O)c2ccc3c(c2)nc(CC2CCC(C(F)(F)F)OC2)n3CC)cc1. The zero-order valence-electron chi connectivity index (χ0n) is 20.9. The van der Waals surface area contributed by atoms with Gasteiger partial charge < -0.3 is 19.7 Å². The van der Waals surface area contributed by atoms with Gasteiger partial charge in [0.25, 0.3) is 5.91 Å². The molecule has 3 unspecified atom stereocenters. The predicted octanol–water partition coefficient (Wildman–Crippen LogP) is 5.53. The second kappa shape index (κ2) is 11.9. The lowest BCUT2D eigenvalue weighted by Crippen LogP contribution is -2.38. The number of thioether (sulfide) groups is 1. The highest BCUT2D eigenvalue weighted by Crippen LogP contribution is 2.33. The number of rotatable bonds is 9. The van der Waals surface area contributed by atoms with Crippen LogP contribution in [0.1, 0.15) is 54.5 Å². The second-order valence-electron chi connectivity index (χ2n) is 9.20. The monoisotopic (exact) mass is 535 g/mol. The van der Waals surface area contributed by atoms with Crippen LogP contribution in [-0.4, -0.2) is 51.8 Å². The maximum Gasteiger partial charge on any atom is 0.414 e. The third-order valence-electron chi connectivity index (χ3n) is 6.69. The van der Waals surface area contributed by atoms with Gasteiger partial charge in [0.2, 0.25) is 0 Å². The molecule has 6 nitrogen and oxygen atoms in total. The number of hydrogen-bond donors (Lipinski definition) is 2. The molecule has 1 fully saturated rings. The van der Waals surface area contributed by atoms with Crippen molar-refractivity contribution in [3.63, 3.8) is 0 Å². The fourth-order valence-electron chi connectivity index (χ4n) is 4.75. The highest BCUT2D eigenvalue weighted by Gasteiger charge is 2.43. The van der Waals surface area contributed by atoms with Gasteiger partial charge >= 0.3 is 6.18 Å². The summed E-state index contributed by atoms with van der Waals surface area (Å²) in [6.45, 7) is 4.52. The first kappa shape index (κ1) is 27.5. The number of nitrogens with one attached hydrogen (secondary N) is 1. The van der Waals surface area contributed by atoms with Gasteiger partial charge in [-0.3, -0.25) is 4.79 Å². The number of alkyl halides is 3. The molecule has 2 heterocycles. The Labute approximate surface area is 218 Å². The fourth-order valence-corrected chi connectivity index (χ4v) is 5.41. The van der Waals surface area contributed by atoms with Crippen LogP contribution >= 0.6 is 11.8 Å². The van der Waals surface area contributed by atoms with Crippen LogP contribution in [0.4, 0.5) is 13.2 Å². The first-order valence-corrected chi connectivity index (χ1v) is 13.5. The highest BCUT2D eigenvalue weighted by atomic mass is 32.2. The minimum absolute atomic E-state index is 0.0446. The van der Waals surface area contributed by atoms with Crippen LogP contribution in [0, 0.1) is 5.92 Å². The van der Waals surface area contributed by atoms with E-state index in [0.29, 0.717) is 30.5 Å². The predicted molar refractivity (Wildman–Crippen MR) is 138 cm³/mol. The largest absolute Gasteiger partial charge is 0.414 e. The lowest BCUT2D eigenvalue weighted by atomic mass is 9.95. The maximum absolute atomic E-state index is 13.0. The van der Waals surface area contributed by atoms with Crippen LogP contribution in [0.15, 0.2) is 47.4 Å². The lowest BCUT2D eigenvalue weighted by molar-refractivity contribution is -0.235. The number of amides is 1. The molecule has 2 aromatic carbocycles. The van der Waals surface area contributed by atoms with Gasteiger partial charge in [0, 0.05) is 23.4 Å². The molecule has 0 bridgehead atoms. The third kappa shape index (κ3) is 6.48. The number of aliphatic hydroxyl groups is 1. The van der Waals surface area contributed by atoms with E-state index in [1.54, 1.807) is 23.9 Å². The molecule has 1 aliphatic heterocycles. The number of hydrogen-bond acceptors (Lipinski definition) is 5. The van der Waals surface area contributed by atoms with Crippen molar-refractivity contribution in [1.82, 2.24) is 14.9 Å². The Balaban J connectivity index is 1.47. The zero-order chi connectivity index (χ0) is 26.6. The van der Waals surface area contributed by atoms with Gasteiger partial charge in [-0.15, -0.1) is 11.8 Å². The molecule has 0 saturated carbocycles. The smallest absolute Gasteiger partial charge is 0.394 e. The Morgan fingerprint density at radius 2 is 1.97 bits per heavy atom. The molecule has 3 aromatic rings. The number of benzene rings is 2. The summed E-state index contributed by atoms with van der Waals surface area (Å²) in [5, 5.41) is 12.8. The summed E-state index contributed by atoms with van der Waals surface area (Å²) in [7, 11) is 0. The third-order valence-corrected chi connectivity index (χ3v) is 7.59. The normalized spacial score (nSPS) is 19.2. The standard InChI is InChI=1S/C27H32F3N3O3S/c1-3-33-23-11-8-19(26(35)32-22(15-34)18-6-9-20(10-7-18)37-4-2)14-21(23)31-25(33)13-17-5-12-24(36-16-17)27(28,29)30/h6-11,14,17,22,24,34H,3-5,12-13,15-16H2,1-2H3,(H,32,35). The molecular weight excluding hydrogens is 503 g/mol. The number of ether oxygens (including phenoxy) is 1. The number of aromatic nitrogens is 2. The molecular formula is C27H32F3N3O3S. The summed E-state index contributed by atoms with van der Waals surface area (Å²) in [4.78, 5) is 18.9. The molecule has 1 aromatic heterocycles. The van der Waals surface area contributed by atoms with Crippen LogP contribution in [0.25, 0.3) is 11.0 Å². The van der Waals surface area contributed by atoms with Gasteiger partial charge in [0.05, 0.1) is 30.3 Å². The number of imidazole rings is 1. The van der Waals surface area contributed by atoms with E-state index in [4.69, 9.17) is 9.72 Å². The van der Waals surface area contributed by atoms with Crippen molar-refractivity contribution in [3.05, 3.63) is 59.4 Å². The number of aliphatic hydroxyl groups excluding tert-OH is 1. The van der Waals surface area contributed by atoms with E-state index in [1.165, 1.54) is 0 Å². The minimum atomic E-state index is -4.33. The van der Waals surface area contributed by atoms with E-state index >= 15 is 0 Å². The van der Waals surface area contributed by atoms with Crippen molar-refractivity contribution >= 4 is 28.7 Å². The summed E-state index contributed by atoms with van der Waals surface area (Å²) < 4.78 is 45.8. The molecule has 200 valence electrons. The van der Waals surface area contributed by atoms with Gasteiger partial charge in [-0.05, 0) is 67.3 Å². The molecule has 10 heteroatoms. The van der Waals surface area contributed by atoms with Crippen LogP contribution in [-0.2, 0) is 17.7 Å². The topological polar surface area (TPSA) is 76.4 Å². The minimum Gasteiger partial charge on any atom is -0.394 e. The highest BCUT2D eigenvalue weighted by molar-refractivity contribution is 7.99. The number of fused-ring (bicyclic) bond motifs is 1. The Morgan fingerprint density at radius 1 is 1.22 bits per heavy atom. The number of aryl methyl sites for hydroxylation is 1. The van der Waals surface area contributed by atoms with Crippen molar-refractivity contribution in [3.8, 4) is 0 Å². The molecule has 3 atom stereocenters. The van der Waals surface area contributed by atoms with Gasteiger partial charge in [0.15, 0.2) is 6.10 Å².